The van der Waals surface area contributed by atoms with Gasteiger partial charge in [-0.2, -0.15) is 0 Å². The zero-order valence-electron chi connectivity index (χ0n) is 9.32. The number of nitrogens with zero attached hydrogens (tertiary/aromatic N) is 1. The van der Waals surface area contributed by atoms with E-state index in [2.05, 4.69) is 0 Å². The number of aliphatic carboxylic acids is 1. The molecule has 0 saturated carbocycles. The number of rotatable bonds is 6. The summed E-state index contributed by atoms with van der Waals surface area (Å²) in [5, 5.41) is 8.58. The minimum absolute atomic E-state index is 0.0856. The first-order valence-corrected chi connectivity index (χ1v) is 5.31. The van der Waals surface area contributed by atoms with Gasteiger partial charge in [0.2, 0.25) is 0 Å². The molecule has 0 aromatic heterocycles. The first-order chi connectivity index (χ1) is 7.63. The van der Waals surface area contributed by atoms with Gasteiger partial charge in [0, 0.05) is 18.7 Å². The number of hydrogen-bond donors (Lipinski definition) is 1. The third kappa shape index (κ3) is 3.98. The molecule has 1 aromatic carbocycles. The van der Waals surface area contributed by atoms with Crippen LogP contribution in [0.2, 0.25) is 0 Å². The van der Waals surface area contributed by atoms with Crippen LogP contribution in [0.3, 0.4) is 0 Å². The second-order valence-corrected chi connectivity index (χ2v) is 3.60. The van der Waals surface area contributed by atoms with Crippen molar-refractivity contribution in [3.63, 3.8) is 0 Å². The Morgan fingerprint density at radius 3 is 2.69 bits per heavy atom. The van der Waals surface area contributed by atoms with Crippen molar-refractivity contribution in [1.82, 2.24) is 4.90 Å². The van der Waals surface area contributed by atoms with Crippen molar-refractivity contribution < 1.29 is 14.3 Å². The first-order valence-electron chi connectivity index (χ1n) is 5.31. The Kier molecular flexibility index (Phi) is 4.92. The van der Waals surface area contributed by atoms with Crippen LogP contribution in [0.4, 0.5) is 4.39 Å². The fraction of sp³-hybridized carbons (Fsp3) is 0.417. The summed E-state index contributed by atoms with van der Waals surface area (Å²) in [4.78, 5) is 12.3. The van der Waals surface area contributed by atoms with Gasteiger partial charge in [0.05, 0.1) is 6.42 Å². The third-order valence-electron chi connectivity index (χ3n) is 2.44. The van der Waals surface area contributed by atoms with Crippen LogP contribution in [-0.4, -0.2) is 29.1 Å². The van der Waals surface area contributed by atoms with E-state index in [1.54, 1.807) is 18.2 Å². The molecule has 0 amide bonds. The molecule has 0 saturated heterocycles. The van der Waals surface area contributed by atoms with Crippen molar-refractivity contribution in [2.45, 2.75) is 19.9 Å². The SMILES string of the molecule is CCN(CCC(=O)O)Cc1ccccc1F. The molecular formula is C12H16FNO2. The van der Waals surface area contributed by atoms with Gasteiger partial charge >= 0.3 is 5.97 Å². The van der Waals surface area contributed by atoms with E-state index in [0.717, 1.165) is 0 Å². The second kappa shape index (κ2) is 6.23. The highest BCUT2D eigenvalue weighted by atomic mass is 19.1. The van der Waals surface area contributed by atoms with Crippen molar-refractivity contribution in [1.29, 1.82) is 0 Å². The lowest BCUT2D eigenvalue weighted by Crippen LogP contribution is -2.26. The monoisotopic (exact) mass is 225 g/mol. The Balaban J connectivity index is 2.56. The highest BCUT2D eigenvalue weighted by molar-refractivity contribution is 5.66. The fourth-order valence-electron chi connectivity index (χ4n) is 1.47. The van der Waals surface area contributed by atoms with Gasteiger partial charge in [-0.05, 0) is 12.6 Å². The number of halogens is 1. The summed E-state index contributed by atoms with van der Waals surface area (Å²) < 4.78 is 13.3. The van der Waals surface area contributed by atoms with Gasteiger partial charge < -0.3 is 5.11 Å². The zero-order valence-corrected chi connectivity index (χ0v) is 9.32. The van der Waals surface area contributed by atoms with Gasteiger partial charge in [0.15, 0.2) is 0 Å². The Morgan fingerprint density at radius 1 is 1.44 bits per heavy atom. The van der Waals surface area contributed by atoms with Crippen LogP contribution in [-0.2, 0) is 11.3 Å². The highest BCUT2D eigenvalue weighted by Gasteiger charge is 2.08. The van der Waals surface area contributed by atoms with Gasteiger partial charge in [-0.1, -0.05) is 25.1 Å². The van der Waals surface area contributed by atoms with Crippen molar-refractivity contribution in [2.75, 3.05) is 13.1 Å². The molecule has 1 rings (SSSR count). The lowest BCUT2D eigenvalue weighted by molar-refractivity contribution is -0.137. The fourth-order valence-corrected chi connectivity index (χ4v) is 1.47. The van der Waals surface area contributed by atoms with Crippen molar-refractivity contribution in [2.24, 2.45) is 0 Å². The molecule has 0 unspecified atom stereocenters. The molecule has 0 heterocycles. The van der Waals surface area contributed by atoms with E-state index < -0.39 is 5.97 Å². The van der Waals surface area contributed by atoms with Crippen molar-refractivity contribution in [3.05, 3.63) is 35.6 Å². The van der Waals surface area contributed by atoms with E-state index in [1.165, 1.54) is 6.07 Å². The molecule has 3 nitrogen and oxygen atoms in total. The van der Waals surface area contributed by atoms with Crippen LogP contribution in [0.5, 0.6) is 0 Å². The molecule has 0 aliphatic carbocycles. The molecule has 0 fully saturated rings. The first kappa shape index (κ1) is 12.6. The van der Waals surface area contributed by atoms with Gasteiger partial charge in [-0.3, -0.25) is 9.69 Å². The number of carbonyl (C=O) groups is 1. The average molecular weight is 225 g/mol. The molecule has 0 radical (unpaired) electrons. The lowest BCUT2D eigenvalue weighted by Gasteiger charge is -2.19. The predicted octanol–water partition coefficient (Wildman–Crippen LogP) is 2.12. The van der Waals surface area contributed by atoms with E-state index in [0.29, 0.717) is 25.2 Å². The minimum atomic E-state index is -0.827. The summed E-state index contributed by atoms with van der Waals surface area (Å²) in [6, 6.07) is 6.56. The maximum absolute atomic E-state index is 13.3. The summed E-state index contributed by atoms with van der Waals surface area (Å²) >= 11 is 0. The molecule has 16 heavy (non-hydrogen) atoms. The molecule has 0 atom stereocenters. The van der Waals surface area contributed by atoms with Gasteiger partial charge in [-0.15, -0.1) is 0 Å². The molecular weight excluding hydrogens is 209 g/mol. The molecule has 0 bridgehead atoms. The number of hydrogen-bond acceptors (Lipinski definition) is 2. The number of carboxylic acid groups (broad SMARTS) is 1. The minimum Gasteiger partial charge on any atom is -0.481 e. The second-order valence-electron chi connectivity index (χ2n) is 3.60. The van der Waals surface area contributed by atoms with Crippen LogP contribution in [0.15, 0.2) is 24.3 Å². The largest absolute Gasteiger partial charge is 0.481 e. The predicted molar refractivity (Wildman–Crippen MR) is 59.6 cm³/mol. The van der Waals surface area contributed by atoms with Crippen LogP contribution in [0, 0.1) is 5.82 Å². The summed E-state index contributed by atoms with van der Waals surface area (Å²) in [6.07, 6.45) is 0.0856. The molecule has 0 aliphatic rings. The molecule has 88 valence electrons. The normalized spacial score (nSPS) is 10.7. The summed E-state index contributed by atoms with van der Waals surface area (Å²) in [7, 11) is 0. The van der Waals surface area contributed by atoms with Gasteiger partial charge in [0.1, 0.15) is 5.82 Å². The topological polar surface area (TPSA) is 40.5 Å². The maximum Gasteiger partial charge on any atom is 0.304 e. The Labute approximate surface area is 94.5 Å². The molecule has 0 aliphatic heterocycles. The Morgan fingerprint density at radius 2 is 2.12 bits per heavy atom. The highest BCUT2D eigenvalue weighted by Crippen LogP contribution is 2.09. The number of benzene rings is 1. The summed E-state index contributed by atoms with van der Waals surface area (Å²) in [5.74, 6) is -1.07. The van der Waals surface area contributed by atoms with E-state index in [4.69, 9.17) is 5.11 Å². The van der Waals surface area contributed by atoms with Gasteiger partial charge in [0.25, 0.3) is 0 Å². The standard InChI is InChI=1S/C12H16FNO2/c1-2-14(8-7-12(15)16)9-10-5-3-4-6-11(10)13/h3-6H,2,7-9H2,1H3,(H,15,16). The molecule has 4 heteroatoms. The van der Waals surface area contributed by atoms with Crippen LogP contribution in [0.25, 0.3) is 0 Å². The number of carboxylic acids is 1. The van der Waals surface area contributed by atoms with E-state index in [9.17, 15) is 9.18 Å². The van der Waals surface area contributed by atoms with E-state index >= 15 is 0 Å². The lowest BCUT2D eigenvalue weighted by atomic mass is 10.2. The Bertz CT molecular complexity index is 355. The van der Waals surface area contributed by atoms with Crippen LogP contribution < -0.4 is 0 Å². The smallest absolute Gasteiger partial charge is 0.304 e. The summed E-state index contributed by atoms with van der Waals surface area (Å²) in [5.41, 5.74) is 0.606. The molecule has 1 aromatic rings. The zero-order chi connectivity index (χ0) is 12.0. The summed E-state index contributed by atoms with van der Waals surface area (Å²) in [6.45, 7) is 3.54. The van der Waals surface area contributed by atoms with Crippen molar-refractivity contribution in [3.8, 4) is 0 Å². The average Bonchev–Trinajstić information content (AvgIpc) is 2.26. The molecule has 0 spiro atoms. The molecule has 1 N–H and O–H groups in total. The van der Waals surface area contributed by atoms with E-state index in [-0.39, 0.29) is 12.2 Å². The third-order valence-corrected chi connectivity index (χ3v) is 2.44. The van der Waals surface area contributed by atoms with Gasteiger partial charge in [-0.25, -0.2) is 4.39 Å². The quantitative estimate of drug-likeness (QED) is 0.806. The maximum atomic E-state index is 13.3. The van der Waals surface area contributed by atoms with E-state index in [1.807, 2.05) is 11.8 Å². The van der Waals surface area contributed by atoms with Crippen LogP contribution in [0.1, 0.15) is 18.9 Å². The van der Waals surface area contributed by atoms with Crippen molar-refractivity contribution >= 4 is 5.97 Å². The van der Waals surface area contributed by atoms with Crippen LogP contribution >= 0.6 is 0 Å². The Hall–Kier alpha value is -1.42.